The molecule has 0 bridgehead atoms. The maximum Gasteiger partial charge on any atom is 0.224 e. The molecule has 0 saturated heterocycles. The molecule has 1 aromatic rings. The average Bonchev–Trinajstić information content (AvgIpc) is 2.47. The van der Waals surface area contributed by atoms with Gasteiger partial charge in [-0.1, -0.05) is 25.4 Å². The van der Waals surface area contributed by atoms with Crippen LogP contribution < -0.4 is 10.2 Å². The van der Waals surface area contributed by atoms with Crippen LogP contribution in [0, 0.1) is 0 Å². The number of halogens is 1. The molecule has 1 heterocycles. The number of methoxy groups -OCH3 is 1. The summed E-state index contributed by atoms with van der Waals surface area (Å²) in [7, 11) is 1.70. The van der Waals surface area contributed by atoms with Gasteiger partial charge in [0.25, 0.3) is 0 Å². The van der Waals surface area contributed by atoms with Crippen LogP contribution in [-0.4, -0.2) is 42.8 Å². The number of ether oxygens (including phenoxy) is 1. The van der Waals surface area contributed by atoms with Crippen molar-refractivity contribution in [2.75, 3.05) is 37.0 Å². The third-order valence-electron chi connectivity index (χ3n) is 3.19. The van der Waals surface area contributed by atoms with Crippen molar-refractivity contribution in [3.05, 3.63) is 11.2 Å². The van der Waals surface area contributed by atoms with Crippen LogP contribution in [0.15, 0.2) is 6.20 Å². The van der Waals surface area contributed by atoms with Gasteiger partial charge in [0.15, 0.2) is 5.82 Å². The topological polar surface area (TPSA) is 50.3 Å². The molecule has 5 nitrogen and oxygen atoms in total. The minimum atomic E-state index is 0.344. The second kappa shape index (κ2) is 8.97. The predicted octanol–water partition coefficient (Wildman–Crippen LogP) is 3.20. The van der Waals surface area contributed by atoms with Crippen molar-refractivity contribution in [1.29, 1.82) is 0 Å². The van der Waals surface area contributed by atoms with Crippen LogP contribution in [0.4, 0.5) is 11.8 Å². The fourth-order valence-corrected chi connectivity index (χ4v) is 2.03. The van der Waals surface area contributed by atoms with Gasteiger partial charge in [-0.15, -0.1) is 0 Å². The van der Waals surface area contributed by atoms with E-state index in [2.05, 4.69) is 41.0 Å². The molecule has 1 N–H and O–H groups in total. The highest BCUT2D eigenvalue weighted by Gasteiger charge is 2.18. The average molecular weight is 301 g/mol. The van der Waals surface area contributed by atoms with Crippen LogP contribution in [0.2, 0.25) is 5.02 Å². The van der Waals surface area contributed by atoms with Crippen LogP contribution in [0.1, 0.15) is 33.6 Å². The first kappa shape index (κ1) is 17.0. The van der Waals surface area contributed by atoms with Gasteiger partial charge < -0.3 is 15.0 Å². The molecule has 0 fully saturated rings. The Morgan fingerprint density at radius 1 is 1.45 bits per heavy atom. The smallest absolute Gasteiger partial charge is 0.224 e. The molecular formula is C14H25ClN4O. The first-order valence-corrected chi connectivity index (χ1v) is 7.53. The van der Waals surface area contributed by atoms with E-state index in [1.54, 1.807) is 13.3 Å². The van der Waals surface area contributed by atoms with Crippen molar-refractivity contribution in [2.45, 2.75) is 39.7 Å². The summed E-state index contributed by atoms with van der Waals surface area (Å²) >= 11 is 6.27. The molecule has 0 aliphatic heterocycles. The van der Waals surface area contributed by atoms with Crippen molar-refractivity contribution < 1.29 is 4.74 Å². The van der Waals surface area contributed by atoms with E-state index >= 15 is 0 Å². The van der Waals surface area contributed by atoms with Gasteiger partial charge >= 0.3 is 0 Å². The summed E-state index contributed by atoms with van der Waals surface area (Å²) in [5, 5.41) is 3.76. The second-order valence-corrected chi connectivity index (χ2v) is 5.14. The monoisotopic (exact) mass is 300 g/mol. The molecule has 0 radical (unpaired) electrons. The summed E-state index contributed by atoms with van der Waals surface area (Å²) in [6.07, 6.45) is 3.70. The number of hydrogen-bond donors (Lipinski definition) is 1. The van der Waals surface area contributed by atoms with E-state index in [9.17, 15) is 0 Å². The number of hydrogen-bond acceptors (Lipinski definition) is 5. The van der Waals surface area contributed by atoms with Gasteiger partial charge in [0.2, 0.25) is 5.95 Å². The molecule has 114 valence electrons. The van der Waals surface area contributed by atoms with Gasteiger partial charge in [-0.2, -0.15) is 4.98 Å². The second-order valence-electron chi connectivity index (χ2n) is 4.74. The number of aromatic nitrogens is 2. The Morgan fingerprint density at radius 3 is 2.80 bits per heavy atom. The number of nitrogens with one attached hydrogen (secondary N) is 1. The first-order chi connectivity index (χ1) is 9.63. The van der Waals surface area contributed by atoms with Gasteiger partial charge in [0.1, 0.15) is 5.02 Å². The zero-order chi connectivity index (χ0) is 15.0. The highest BCUT2D eigenvalue weighted by atomic mass is 35.5. The Labute approximate surface area is 126 Å². The normalized spacial score (nSPS) is 12.2. The third kappa shape index (κ3) is 4.80. The van der Waals surface area contributed by atoms with Gasteiger partial charge in [0, 0.05) is 26.2 Å². The molecule has 1 unspecified atom stereocenters. The van der Waals surface area contributed by atoms with Crippen molar-refractivity contribution >= 4 is 23.4 Å². The Bertz CT molecular complexity index is 403. The number of rotatable bonds is 9. The molecule has 0 aromatic carbocycles. The van der Waals surface area contributed by atoms with E-state index in [0.717, 1.165) is 31.7 Å². The summed E-state index contributed by atoms with van der Waals surface area (Å²) in [5.41, 5.74) is 0. The Balaban J connectivity index is 2.97. The highest BCUT2D eigenvalue weighted by Crippen LogP contribution is 2.26. The summed E-state index contributed by atoms with van der Waals surface area (Å²) in [4.78, 5) is 10.9. The molecule has 1 aromatic heterocycles. The Kier molecular flexibility index (Phi) is 7.62. The first-order valence-electron chi connectivity index (χ1n) is 7.15. The molecule has 6 heteroatoms. The van der Waals surface area contributed by atoms with Crippen molar-refractivity contribution in [3.8, 4) is 0 Å². The molecule has 1 atom stereocenters. The largest absolute Gasteiger partial charge is 0.383 e. The SMILES string of the molecule is CCCNc1ncc(Cl)c(N(CCOC)C(C)CC)n1. The van der Waals surface area contributed by atoms with E-state index in [1.807, 2.05) is 0 Å². The summed E-state index contributed by atoms with van der Waals surface area (Å²) < 4.78 is 5.18. The number of anilines is 2. The standard InChI is InChI=1S/C14H25ClN4O/c1-5-7-16-14-17-10-12(15)13(18-14)19(8-9-20-4)11(3)6-2/h10-11H,5-9H2,1-4H3,(H,16,17,18). The molecule has 0 spiro atoms. The lowest BCUT2D eigenvalue weighted by Crippen LogP contribution is -2.36. The number of nitrogens with zero attached hydrogens (tertiary/aromatic N) is 3. The molecule has 0 aliphatic carbocycles. The van der Waals surface area contributed by atoms with Crippen LogP contribution in [-0.2, 0) is 4.74 Å². The van der Waals surface area contributed by atoms with Crippen LogP contribution in [0.25, 0.3) is 0 Å². The Hall–Kier alpha value is -1.07. The lowest BCUT2D eigenvalue weighted by molar-refractivity contribution is 0.203. The van der Waals surface area contributed by atoms with Crippen LogP contribution in [0.3, 0.4) is 0 Å². The zero-order valence-corrected chi connectivity index (χ0v) is 13.6. The lowest BCUT2D eigenvalue weighted by Gasteiger charge is -2.30. The van der Waals surface area contributed by atoms with Crippen molar-refractivity contribution in [3.63, 3.8) is 0 Å². The van der Waals surface area contributed by atoms with E-state index in [-0.39, 0.29) is 0 Å². The Morgan fingerprint density at radius 2 is 2.20 bits per heavy atom. The van der Waals surface area contributed by atoms with E-state index in [1.165, 1.54) is 0 Å². The maximum atomic E-state index is 6.27. The van der Waals surface area contributed by atoms with E-state index < -0.39 is 0 Å². The van der Waals surface area contributed by atoms with E-state index in [0.29, 0.717) is 23.6 Å². The summed E-state index contributed by atoms with van der Waals surface area (Å²) in [5.74, 6) is 1.39. The van der Waals surface area contributed by atoms with Gasteiger partial charge in [-0.25, -0.2) is 4.98 Å². The van der Waals surface area contributed by atoms with Crippen molar-refractivity contribution in [1.82, 2.24) is 9.97 Å². The fourth-order valence-electron chi connectivity index (χ4n) is 1.83. The fraction of sp³-hybridized carbons (Fsp3) is 0.714. The van der Waals surface area contributed by atoms with Gasteiger partial charge in [-0.05, 0) is 19.8 Å². The molecule has 1 rings (SSSR count). The minimum Gasteiger partial charge on any atom is -0.383 e. The van der Waals surface area contributed by atoms with Crippen LogP contribution >= 0.6 is 11.6 Å². The van der Waals surface area contributed by atoms with E-state index in [4.69, 9.17) is 16.3 Å². The maximum absolute atomic E-state index is 6.27. The quantitative estimate of drug-likeness (QED) is 0.759. The van der Waals surface area contributed by atoms with Crippen molar-refractivity contribution in [2.24, 2.45) is 0 Å². The van der Waals surface area contributed by atoms with Gasteiger partial charge in [-0.3, -0.25) is 0 Å². The predicted molar refractivity (Wildman–Crippen MR) is 84.8 cm³/mol. The summed E-state index contributed by atoms with van der Waals surface area (Å²) in [6, 6.07) is 0.344. The molecular weight excluding hydrogens is 276 g/mol. The minimum absolute atomic E-state index is 0.344. The lowest BCUT2D eigenvalue weighted by atomic mass is 10.2. The zero-order valence-electron chi connectivity index (χ0n) is 12.8. The van der Waals surface area contributed by atoms with Crippen LogP contribution in [0.5, 0.6) is 0 Å². The molecule has 0 aliphatic rings. The summed E-state index contributed by atoms with van der Waals surface area (Å²) in [6.45, 7) is 8.66. The molecule has 0 amide bonds. The third-order valence-corrected chi connectivity index (χ3v) is 3.46. The van der Waals surface area contributed by atoms with Gasteiger partial charge in [0.05, 0.1) is 12.8 Å². The highest BCUT2D eigenvalue weighted by molar-refractivity contribution is 6.32. The molecule has 0 saturated carbocycles. The molecule has 20 heavy (non-hydrogen) atoms.